The number of imidazole rings is 1. The highest BCUT2D eigenvalue weighted by Gasteiger charge is 2.38. The number of alkyl halides is 12. The van der Waals surface area contributed by atoms with Crippen LogP contribution in [-0.4, -0.2) is 19.5 Å². The standard InChI is InChI=1S/C29H18F12N6/c1-2-47-13-44-24-23(42-12-43-25(24)47)22-20(45-18-8-14(26(30,31)32)6-15(9-18)27(33,34)35)4-3-5-21(22)46-19-10-16(28(36,37)38)7-17(11-19)29(39,40)41/h3-13,45-46H,2H2,1H3. The molecule has 18 heteroatoms. The van der Waals surface area contributed by atoms with E-state index in [0.717, 1.165) is 6.33 Å². The van der Waals surface area contributed by atoms with Gasteiger partial charge in [0.25, 0.3) is 0 Å². The number of benzene rings is 3. The monoisotopic (exact) mass is 678 g/mol. The molecular weight excluding hydrogens is 660 g/mol. The summed E-state index contributed by atoms with van der Waals surface area (Å²) in [5.74, 6) is 0. The first-order valence-corrected chi connectivity index (χ1v) is 13.2. The molecule has 0 aliphatic heterocycles. The fraction of sp³-hybridized carbons (Fsp3) is 0.207. The lowest BCUT2D eigenvalue weighted by Crippen LogP contribution is -2.12. The van der Waals surface area contributed by atoms with Gasteiger partial charge in [0.2, 0.25) is 0 Å². The van der Waals surface area contributed by atoms with Gasteiger partial charge in [-0.25, -0.2) is 15.0 Å². The second-order valence-electron chi connectivity index (χ2n) is 9.99. The van der Waals surface area contributed by atoms with Crippen LogP contribution in [0, 0.1) is 0 Å². The molecule has 0 fully saturated rings. The van der Waals surface area contributed by atoms with Gasteiger partial charge in [0, 0.05) is 23.5 Å². The van der Waals surface area contributed by atoms with Crippen LogP contribution < -0.4 is 10.6 Å². The van der Waals surface area contributed by atoms with Crippen LogP contribution in [0.5, 0.6) is 0 Å². The molecule has 2 aromatic heterocycles. The second-order valence-corrected chi connectivity index (χ2v) is 9.99. The third-order valence-corrected chi connectivity index (χ3v) is 6.78. The molecule has 0 atom stereocenters. The summed E-state index contributed by atoms with van der Waals surface area (Å²) in [6, 6.07) is 5.10. The normalized spacial score (nSPS) is 12.9. The van der Waals surface area contributed by atoms with Crippen molar-refractivity contribution in [2.24, 2.45) is 0 Å². The topological polar surface area (TPSA) is 67.7 Å². The van der Waals surface area contributed by atoms with Gasteiger partial charge < -0.3 is 15.2 Å². The van der Waals surface area contributed by atoms with Gasteiger partial charge in [-0.05, 0) is 55.5 Å². The number of hydrogen-bond acceptors (Lipinski definition) is 5. The van der Waals surface area contributed by atoms with E-state index in [1.807, 2.05) is 0 Å². The van der Waals surface area contributed by atoms with E-state index in [1.165, 1.54) is 24.5 Å². The predicted octanol–water partition coefficient (Wildman–Crippen LogP) is 10.1. The minimum absolute atomic E-state index is 0.0618. The average Bonchev–Trinajstić information content (AvgIpc) is 3.39. The third kappa shape index (κ3) is 7.05. The van der Waals surface area contributed by atoms with E-state index in [-0.39, 0.29) is 45.9 Å². The number of aromatic nitrogens is 4. The Morgan fingerprint density at radius 3 is 1.40 bits per heavy atom. The maximum Gasteiger partial charge on any atom is 0.416 e. The van der Waals surface area contributed by atoms with Gasteiger partial charge in [-0.3, -0.25) is 0 Å². The third-order valence-electron chi connectivity index (χ3n) is 6.78. The molecule has 0 radical (unpaired) electrons. The van der Waals surface area contributed by atoms with Crippen LogP contribution in [0.25, 0.3) is 22.4 Å². The quantitative estimate of drug-likeness (QED) is 0.175. The predicted molar refractivity (Wildman–Crippen MR) is 146 cm³/mol. The van der Waals surface area contributed by atoms with Crippen molar-refractivity contribution in [1.29, 1.82) is 0 Å². The molecule has 5 rings (SSSR count). The number of nitrogens with one attached hydrogen (secondary N) is 2. The van der Waals surface area contributed by atoms with Gasteiger partial charge in [0.05, 0.1) is 40.0 Å². The van der Waals surface area contributed by atoms with Gasteiger partial charge in [0.15, 0.2) is 5.65 Å². The van der Waals surface area contributed by atoms with Crippen LogP contribution in [0.1, 0.15) is 29.2 Å². The molecule has 0 spiro atoms. The summed E-state index contributed by atoms with van der Waals surface area (Å²) >= 11 is 0. The van der Waals surface area contributed by atoms with E-state index in [2.05, 4.69) is 25.6 Å². The molecule has 2 heterocycles. The van der Waals surface area contributed by atoms with Gasteiger partial charge in [0.1, 0.15) is 17.5 Å². The summed E-state index contributed by atoms with van der Waals surface area (Å²) < 4.78 is 164. The van der Waals surface area contributed by atoms with Crippen LogP contribution in [0.15, 0.2) is 67.3 Å². The Morgan fingerprint density at radius 1 is 0.596 bits per heavy atom. The first-order chi connectivity index (χ1) is 21.8. The Morgan fingerprint density at radius 2 is 1.02 bits per heavy atom. The van der Waals surface area contributed by atoms with Crippen molar-refractivity contribution in [3.8, 4) is 11.3 Å². The number of fused-ring (bicyclic) bond motifs is 1. The fourth-order valence-corrected chi connectivity index (χ4v) is 4.68. The summed E-state index contributed by atoms with van der Waals surface area (Å²) in [6.07, 6.45) is -18.3. The Bertz CT molecular complexity index is 1780. The van der Waals surface area contributed by atoms with Crippen molar-refractivity contribution in [3.63, 3.8) is 0 Å². The number of rotatable bonds is 6. The van der Waals surface area contributed by atoms with E-state index < -0.39 is 58.3 Å². The maximum atomic E-state index is 13.6. The van der Waals surface area contributed by atoms with E-state index in [9.17, 15) is 52.7 Å². The summed E-state index contributed by atoms with van der Waals surface area (Å²) in [4.78, 5) is 12.5. The molecule has 47 heavy (non-hydrogen) atoms. The average molecular weight is 678 g/mol. The molecule has 0 aliphatic rings. The molecular formula is C29H18F12N6. The van der Waals surface area contributed by atoms with Gasteiger partial charge in [-0.15, -0.1) is 0 Å². The highest BCUT2D eigenvalue weighted by atomic mass is 19.4. The van der Waals surface area contributed by atoms with Crippen molar-refractivity contribution in [1.82, 2.24) is 19.5 Å². The number of aryl methyl sites for hydroxylation is 1. The van der Waals surface area contributed by atoms with E-state index >= 15 is 0 Å². The van der Waals surface area contributed by atoms with Crippen LogP contribution in [-0.2, 0) is 31.2 Å². The second kappa shape index (κ2) is 11.6. The lowest BCUT2D eigenvalue weighted by atomic mass is 10.0. The SMILES string of the molecule is CCn1cnc2c(-c3c(Nc4cc(C(F)(F)F)cc(C(F)(F)F)c4)cccc3Nc3cc(C(F)(F)F)cc(C(F)(F)F)c3)ncnc21. The zero-order valence-electron chi connectivity index (χ0n) is 23.4. The lowest BCUT2D eigenvalue weighted by Gasteiger charge is -2.20. The Balaban J connectivity index is 1.74. The largest absolute Gasteiger partial charge is 0.416 e. The molecule has 2 N–H and O–H groups in total. The molecule has 0 amide bonds. The molecule has 0 saturated heterocycles. The smallest absolute Gasteiger partial charge is 0.355 e. The summed E-state index contributed by atoms with van der Waals surface area (Å²) in [5, 5.41) is 4.97. The van der Waals surface area contributed by atoms with Gasteiger partial charge in [-0.2, -0.15) is 52.7 Å². The number of halogens is 12. The first kappa shape index (κ1) is 33.3. The van der Waals surface area contributed by atoms with Crippen molar-refractivity contribution in [2.45, 2.75) is 38.2 Å². The van der Waals surface area contributed by atoms with Crippen molar-refractivity contribution in [2.75, 3.05) is 10.6 Å². The summed E-state index contributed by atoms with van der Waals surface area (Å²) in [7, 11) is 0. The highest BCUT2D eigenvalue weighted by Crippen LogP contribution is 2.44. The number of anilines is 4. The van der Waals surface area contributed by atoms with Crippen molar-refractivity contribution in [3.05, 3.63) is 89.5 Å². The van der Waals surface area contributed by atoms with E-state index in [4.69, 9.17) is 0 Å². The highest BCUT2D eigenvalue weighted by molar-refractivity contribution is 5.99. The van der Waals surface area contributed by atoms with Crippen LogP contribution in [0.2, 0.25) is 0 Å². The van der Waals surface area contributed by atoms with Gasteiger partial charge in [-0.1, -0.05) is 6.07 Å². The molecule has 0 saturated carbocycles. The summed E-state index contributed by atoms with van der Waals surface area (Å²) in [6.45, 7) is 2.09. The molecule has 0 aliphatic carbocycles. The van der Waals surface area contributed by atoms with Crippen molar-refractivity contribution < 1.29 is 52.7 Å². The zero-order chi connectivity index (χ0) is 34.5. The van der Waals surface area contributed by atoms with Crippen molar-refractivity contribution >= 4 is 33.9 Å². The van der Waals surface area contributed by atoms with Crippen LogP contribution >= 0.6 is 0 Å². The molecule has 6 nitrogen and oxygen atoms in total. The van der Waals surface area contributed by atoms with Gasteiger partial charge >= 0.3 is 24.7 Å². The summed E-state index contributed by atoms with van der Waals surface area (Å²) in [5.41, 5.74) is -8.35. The number of hydrogen-bond donors (Lipinski definition) is 2. The Labute approximate surface area is 256 Å². The zero-order valence-corrected chi connectivity index (χ0v) is 23.4. The lowest BCUT2D eigenvalue weighted by molar-refractivity contribution is -0.144. The minimum Gasteiger partial charge on any atom is -0.355 e. The van der Waals surface area contributed by atoms with E-state index in [1.54, 1.807) is 11.5 Å². The molecule has 248 valence electrons. The minimum atomic E-state index is -5.19. The molecule has 0 bridgehead atoms. The maximum absolute atomic E-state index is 13.6. The fourth-order valence-electron chi connectivity index (χ4n) is 4.68. The van der Waals surface area contributed by atoms with Crippen LogP contribution in [0.3, 0.4) is 0 Å². The molecule has 3 aromatic carbocycles. The Hall–Kier alpha value is -5.03. The first-order valence-electron chi connectivity index (χ1n) is 13.2. The molecule has 0 unspecified atom stereocenters. The van der Waals surface area contributed by atoms with E-state index in [0.29, 0.717) is 30.8 Å². The number of nitrogens with zero attached hydrogens (tertiary/aromatic N) is 4. The van der Waals surface area contributed by atoms with Crippen LogP contribution in [0.4, 0.5) is 75.4 Å². The Kier molecular flexibility index (Phi) is 8.26. The molecule has 5 aromatic rings.